The highest BCUT2D eigenvalue weighted by atomic mass is 79.9. The molecule has 1 atom stereocenters. The molecule has 2 aromatic heterocycles. The van der Waals surface area contributed by atoms with Crippen molar-refractivity contribution >= 4 is 38.9 Å². The van der Waals surface area contributed by atoms with Crippen molar-refractivity contribution in [2.24, 2.45) is 5.73 Å². The van der Waals surface area contributed by atoms with Gasteiger partial charge in [0, 0.05) is 11.4 Å². The van der Waals surface area contributed by atoms with Crippen molar-refractivity contribution in [3.63, 3.8) is 0 Å². The van der Waals surface area contributed by atoms with Crippen LogP contribution in [-0.2, 0) is 6.54 Å². The van der Waals surface area contributed by atoms with Crippen LogP contribution >= 0.6 is 38.9 Å². The molecule has 0 aliphatic heterocycles. The van der Waals surface area contributed by atoms with Crippen molar-refractivity contribution in [2.45, 2.75) is 12.6 Å². The Bertz CT molecular complexity index is 552. The summed E-state index contributed by atoms with van der Waals surface area (Å²) in [5.74, 6) is 0. The summed E-state index contributed by atoms with van der Waals surface area (Å²) in [5.41, 5.74) is 7.19. The molecule has 0 fully saturated rings. The fourth-order valence-electron chi connectivity index (χ4n) is 1.78. The third-order valence-corrected chi connectivity index (χ3v) is 4.79. The lowest BCUT2D eigenvalue weighted by atomic mass is 10.2. The van der Waals surface area contributed by atoms with Gasteiger partial charge >= 0.3 is 0 Å². The molecule has 1 unspecified atom stereocenters. The van der Waals surface area contributed by atoms with E-state index in [2.05, 4.69) is 25.9 Å². The van der Waals surface area contributed by atoms with Gasteiger partial charge in [-0.3, -0.25) is 4.68 Å². The topological polar surface area (TPSA) is 47.1 Å². The van der Waals surface area contributed by atoms with Gasteiger partial charge in [0.15, 0.2) is 0 Å². The summed E-state index contributed by atoms with van der Waals surface area (Å²) >= 11 is 11.3. The first-order valence-corrected chi connectivity index (χ1v) is 7.84. The van der Waals surface area contributed by atoms with E-state index in [0.717, 1.165) is 27.4 Å². The smallest absolute Gasteiger partial charge is 0.0838 e. The molecule has 2 heterocycles. The first-order valence-electron chi connectivity index (χ1n) is 5.85. The Morgan fingerprint density at radius 3 is 2.84 bits per heavy atom. The molecule has 0 amide bonds. The van der Waals surface area contributed by atoms with Crippen LogP contribution in [0.3, 0.4) is 0 Å². The molecule has 0 aliphatic rings. The Labute approximate surface area is 130 Å². The Morgan fingerprint density at radius 1 is 1.53 bits per heavy atom. The standard InChI is InChI=1S/C12H16BrClN4S/c1-17(2)5-6-18-12(8(14)7-16-18)11(15)9-3-4-10(13)19-9/h3-4,7,11H,5-6,15H2,1-2H3. The number of nitrogens with zero attached hydrogens (tertiary/aromatic N) is 3. The maximum absolute atomic E-state index is 6.31. The first kappa shape index (κ1) is 15.0. The predicted octanol–water partition coefficient (Wildman–Crippen LogP) is 2.97. The molecule has 0 saturated carbocycles. The van der Waals surface area contributed by atoms with Crippen LogP contribution in [0.4, 0.5) is 0 Å². The highest BCUT2D eigenvalue weighted by Crippen LogP contribution is 2.32. The van der Waals surface area contributed by atoms with E-state index in [9.17, 15) is 0 Å². The Morgan fingerprint density at radius 2 is 2.26 bits per heavy atom. The summed E-state index contributed by atoms with van der Waals surface area (Å²) in [6.07, 6.45) is 1.66. The molecular weight excluding hydrogens is 348 g/mol. The summed E-state index contributed by atoms with van der Waals surface area (Å²) in [4.78, 5) is 3.17. The van der Waals surface area contributed by atoms with Crippen LogP contribution in [0.1, 0.15) is 16.6 Å². The normalized spacial score (nSPS) is 13.2. The largest absolute Gasteiger partial charge is 0.318 e. The van der Waals surface area contributed by atoms with E-state index >= 15 is 0 Å². The van der Waals surface area contributed by atoms with Gasteiger partial charge in [0.2, 0.25) is 0 Å². The zero-order chi connectivity index (χ0) is 14.0. The highest BCUT2D eigenvalue weighted by molar-refractivity contribution is 9.11. The van der Waals surface area contributed by atoms with Crippen molar-refractivity contribution in [3.05, 3.63) is 37.7 Å². The lowest BCUT2D eigenvalue weighted by Crippen LogP contribution is -2.23. The van der Waals surface area contributed by atoms with Crippen molar-refractivity contribution < 1.29 is 0 Å². The Kier molecular flexibility index (Phi) is 5.03. The number of halogens is 2. The van der Waals surface area contributed by atoms with Gasteiger partial charge < -0.3 is 10.6 Å². The summed E-state index contributed by atoms with van der Waals surface area (Å²) in [6.45, 7) is 1.67. The second kappa shape index (κ2) is 6.37. The van der Waals surface area contributed by atoms with E-state index in [1.165, 1.54) is 0 Å². The maximum atomic E-state index is 6.31. The van der Waals surface area contributed by atoms with Gasteiger partial charge in [0.05, 0.1) is 33.3 Å². The molecular formula is C12H16BrClN4S. The van der Waals surface area contributed by atoms with Crippen LogP contribution in [0.15, 0.2) is 22.1 Å². The van der Waals surface area contributed by atoms with Crippen LogP contribution in [0.25, 0.3) is 0 Å². The minimum atomic E-state index is -0.242. The van der Waals surface area contributed by atoms with Crippen LogP contribution in [-0.4, -0.2) is 35.3 Å². The third kappa shape index (κ3) is 3.58. The van der Waals surface area contributed by atoms with E-state index in [0.29, 0.717) is 5.02 Å². The summed E-state index contributed by atoms with van der Waals surface area (Å²) in [6, 6.07) is 3.77. The number of likely N-dealkylation sites (N-methyl/N-ethyl adjacent to an activating group) is 1. The molecule has 0 bridgehead atoms. The number of aromatic nitrogens is 2. The SMILES string of the molecule is CN(C)CCn1ncc(Cl)c1C(N)c1ccc(Br)s1. The van der Waals surface area contributed by atoms with Crippen molar-refractivity contribution in [2.75, 3.05) is 20.6 Å². The first-order chi connectivity index (χ1) is 8.99. The van der Waals surface area contributed by atoms with E-state index < -0.39 is 0 Å². The van der Waals surface area contributed by atoms with E-state index in [1.807, 2.05) is 30.9 Å². The van der Waals surface area contributed by atoms with Gasteiger partial charge in [-0.1, -0.05) is 11.6 Å². The molecule has 4 nitrogen and oxygen atoms in total. The minimum Gasteiger partial charge on any atom is -0.318 e. The number of hydrogen-bond acceptors (Lipinski definition) is 4. The molecule has 0 aromatic carbocycles. The van der Waals surface area contributed by atoms with Gasteiger partial charge in [-0.15, -0.1) is 11.3 Å². The lowest BCUT2D eigenvalue weighted by molar-refractivity contribution is 0.368. The molecule has 2 rings (SSSR count). The second-order valence-corrected chi connectivity index (χ2v) is 7.43. The van der Waals surface area contributed by atoms with Crippen molar-refractivity contribution in [1.82, 2.24) is 14.7 Å². The molecule has 19 heavy (non-hydrogen) atoms. The predicted molar refractivity (Wildman–Crippen MR) is 83.8 cm³/mol. The zero-order valence-electron chi connectivity index (χ0n) is 10.8. The van der Waals surface area contributed by atoms with Crippen molar-refractivity contribution in [3.8, 4) is 0 Å². The van der Waals surface area contributed by atoms with Gasteiger partial charge in [0.1, 0.15) is 0 Å². The van der Waals surface area contributed by atoms with Gasteiger partial charge in [0.25, 0.3) is 0 Å². The molecule has 104 valence electrons. The second-order valence-electron chi connectivity index (χ2n) is 4.52. The zero-order valence-corrected chi connectivity index (χ0v) is 14.0. The van der Waals surface area contributed by atoms with Gasteiger partial charge in [-0.2, -0.15) is 5.10 Å². The Hall–Kier alpha value is -0.400. The lowest BCUT2D eigenvalue weighted by Gasteiger charge is -2.15. The average Bonchev–Trinajstić information content (AvgIpc) is 2.92. The van der Waals surface area contributed by atoms with Crippen LogP contribution < -0.4 is 5.73 Å². The maximum Gasteiger partial charge on any atom is 0.0838 e. The summed E-state index contributed by atoms with van der Waals surface area (Å²) < 4.78 is 2.95. The third-order valence-electron chi connectivity index (χ3n) is 2.79. The van der Waals surface area contributed by atoms with Crippen LogP contribution in [0.5, 0.6) is 0 Å². The van der Waals surface area contributed by atoms with Gasteiger partial charge in [-0.25, -0.2) is 0 Å². The minimum absolute atomic E-state index is 0.242. The molecule has 2 N–H and O–H groups in total. The molecule has 7 heteroatoms. The average molecular weight is 364 g/mol. The fraction of sp³-hybridized carbons (Fsp3) is 0.417. The number of hydrogen-bond donors (Lipinski definition) is 1. The fourth-order valence-corrected chi connectivity index (χ4v) is 3.47. The number of thiophene rings is 1. The van der Waals surface area contributed by atoms with Gasteiger partial charge in [-0.05, 0) is 42.2 Å². The molecule has 0 saturated heterocycles. The number of nitrogens with two attached hydrogens (primary N) is 1. The van der Waals surface area contributed by atoms with E-state index in [-0.39, 0.29) is 6.04 Å². The summed E-state index contributed by atoms with van der Waals surface area (Å²) in [7, 11) is 4.06. The monoisotopic (exact) mass is 362 g/mol. The molecule has 0 spiro atoms. The Balaban J connectivity index is 2.25. The number of rotatable bonds is 5. The van der Waals surface area contributed by atoms with Crippen LogP contribution in [0.2, 0.25) is 5.02 Å². The van der Waals surface area contributed by atoms with Crippen molar-refractivity contribution in [1.29, 1.82) is 0 Å². The van der Waals surface area contributed by atoms with E-state index in [4.69, 9.17) is 17.3 Å². The summed E-state index contributed by atoms with van der Waals surface area (Å²) in [5, 5.41) is 4.93. The quantitative estimate of drug-likeness (QED) is 0.888. The highest BCUT2D eigenvalue weighted by Gasteiger charge is 2.20. The molecule has 2 aromatic rings. The molecule has 0 radical (unpaired) electrons. The van der Waals surface area contributed by atoms with Crippen LogP contribution in [0, 0.1) is 0 Å². The molecule has 0 aliphatic carbocycles. The van der Waals surface area contributed by atoms with E-state index in [1.54, 1.807) is 17.5 Å².